The molecule has 1 saturated heterocycles. The van der Waals surface area contributed by atoms with Crippen molar-refractivity contribution in [1.82, 2.24) is 30.2 Å². The van der Waals surface area contributed by atoms with E-state index in [1.54, 1.807) is 36.7 Å². The maximum absolute atomic E-state index is 13.4. The van der Waals surface area contributed by atoms with Crippen molar-refractivity contribution in [1.29, 1.82) is 0 Å². The molecule has 0 saturated carbocycles. The van der Waals surface area contributed by atoms with Gasteiger partial charge in [0.2, 0.25) is 11.8 Å². The van der Waals surface area contributed by atoms with Crippen molar-refractivity contribution in [3.8, 4) is 17.1 Å². The molecule has 2 aromatic heterocycles. The van der Waals surface area contributed by atoms with Crippen LogP contribution in [0, 0.1) is 19.3 Å². The standard InChI is InChI=1S/C31H33N7O4S/c1-21-6-3-7-22(2)28(21)25-17-27-36-30(35-25)37-43(40,41)24-9-4-8-23(16-24)29(39)34-19-31(20-42-27)10-14-38(15-11-31)18-26-32-12-5-13-33-26/h3-9,12-13,16-17H,10-11,14-15,18-20H2,1-2H3,(H,34,39)(H,35,36,37). The summed E-state index contributed by atoms with van der Waals surface area (Å²) < 4.78 is 35.6. The van der Waals surface area contributed by atoms with Crippen LogP contribution in [0.2, 0.25) is 0 Å². The number of benzene rings is 2. The van der Waals surface area contributed by atoms with E-state index < -0.39 is 10.0 Å². The normalized spacial score (nSPS) is 18.1. The zero-order valence-corrected chi connectivity index (χ0v) is 24.9. The lowest BCUT2D eigenvalue weighted by molar-refractivity contribution is 0.0464. The van der Waals surface area contributed by atoms with Crippen molar-refractivity contribution in [3.05, 3.63) is 89.5 Å². The van der Waals surface area contributed by atoms with Gasteiger partial charge in [-0.1, -0.05) is 24.3 Å². The number of hydrogen-bond acceptors (Lipinski definition) is 9. The number of carbonyl (C=O) groups is 1. The van der Waals surface area contributed by atoms with Crippen molar-refractivity contribution in [2.45, 2.75) is 38.1 Å². The van der Waals surface area contributed by atoms with Gasteiger partial charge in [0.15, 0.2) is 0 Å². The van der Waals surface area contributed by atoms with Crippen LogP contribution < -0.4 is 14.8 Å². The minimum atomic E-state index is -4.10. The fourth-order valence-corrected chi connectivity index (χ4v) is 6.63. The molecule has 6 rings (SSSR count). The third kappa shape index (κ3) is 6.35. The first-order valence-electron chi connectivity index (χ1n) is 14.2. The van der Waals surface area contributed by atoms with Crippen molar-refractivity contribution >= 4 is 21.9 Å². The molecule has 0 aliphatic carbocycles. The average Bonchev–Trinajstić information content (AvgIpc) is 3.00. The van der Waals surface area contributed by atoms with E-state index in [2.05, 4.69) is 34.9 Å². The molecular weight excluding hydrogens is 566 g/mol. The lowest BCUT2D eigenvalue weighted by Crippen LogP contribution is -2.49. The van der Waals surface area contributed by atoms with Gasteiger partial charge in [-0.05, 0) is 75.2 Å². The predicted molar refractivity (Wildman–Crippen MR) is 161 cm³/mol. The zero-order chi connectivity index (χ0) is 30.0. The summed E-state index contributed by atoms with van der Waals surface area (Å²) in [5, 5.41) is 3.05. The third-order valence-electron chi connectivity index (χ3n) is 8.12. The first-order valence-corrected chi connectivity index (χ1v) is 15.7. The zero-order valence-electron chi connectivity index (χ0n) is 24.1. The summed E-state index contributed by atoms with van der Waals surface area (Å²) in [6.45, 7) is 6.80. The van der Waals surface area contributed by atoms with Crippen molar-refractivity contribution in [2.24, 2.45) is 5.41 Å². The third-order valence-corrected chi connectivity index (χ3v) is 9.45. The van der Waals surface area contributed by atoms with Crippen molar-refractivity contribution in [2.75, 3.05) is 31.0 Å². The molecule has 43 heavy (non-hydrogen) atoms. The first-order chi connectivity index (χ1) is 20.7. The van der Waals surface area contributed by atoms with Crippen LogP contribution in [-0.4, -0.2) is 65.4 Å². The fraction of sp³-hybridized carbons (Fsp3) is 0.323. The Morgan fingerprint density at radius 3 is 2.42 bits per heavy atom. The van der Waals surface area contributed by atoms with E-state index in [4.69, 9.17) is 4.74 Å². The molecule has 4 bridgehead atoms. The molecular formula is C31H33N7O4S. The highest BCUT2D eigenvalue weighted by Crippen LogP contribution is 2.34. The number of rotatable bonds is 3. The predicted octanol–water partition coefficient (Wildman–Crippen LogP) is 3.76. The number of anilines is 1. The summed E-state index contributed by atoms with van der Waals surface area (Å²) in [5.74, 6) is 0.570. The quantitative estimate of drug-likeness (QED) is 0.360. The van der Waals surface area contributed by atoms with E-state index >= 15 is 0 Å². The van der Waals surface area contributed by atoms with Crippen LogP contribution in [0.25, 0.3) is 11.3 Å². The maximum Gasteiger partial charge on any atom is 0.264 e. The minimum absolute atomic E-state index is 0.0631. The Balaban J connectivity index is 1.36. The molecule has 2 N–H and O–H groups in total. The number of carbonyl (C=O) groups excluding carboxylic acids is 1. The molecule has 0 unspecified atom stereocenters. The summed E-state index contributed by atoms with van der Waals surface area (Å²) in [7, 11) is -4.10. The monoisotopic (exact) mass is 599 g/mol. The number of piperidine rings is 1. The minimum Gasteiger partial charge on any atom is -0.477 e. The maximum atomic E-state index is 13.4. The van der Waals surface area contributed by atoms with Crippen LogP contribution in [0.1, 0.15) is 40.2 Å². The smallest absolute Gasteiger partial charge is 0.264 e. The Hall–Kier alpha value is -4.42. The highest BCUT2D eigenvalue weighted by atomic mass is 32.2. The van der Waals surface area contributed by atoms with Crippen LogP contribution >= 0.6 is 0 Å². The van der Waals surface area contributed by atoms with Gasteiger partial charge in [0.25, 0.3) is 15.9 Å². The average molecular weight is 600 g/mol. The number of hydrogen-bond donors (Lipinski definition) is 2. The lowest BCUT2D eigenvalue weighted by Gasteiger charge is -2.41. The first kappa shape index (κ1) is 28.7. The van der Waals surface area contributed by atoms with Gasteiger partial charge in [0.1, 0.15) is 5.82 Å². The second kappa shape index (κ2) is 11.7. The Kier molecular flexibility index (Phi) is 7.80. The molecule has 4 aromatic rings. The van der Waals surface area contributed by atoms with Crippen molar-refractivity contribution < 1.29 is 17.9 Å². The lowest BCUT2D eigenvalue weighted by atomic mass is 9.78. The molecule has 12 heteroatoms. The van der Waals surface area contributed by atoms with Gasteiger partial charge in [-0.25, -0.2) is 28.1 Å². The van der Waals surface area contributed by atoms with Crippen LogP contribution in [-0.2, 0) is 16.6 Å². The number of nitrogens with one attached hydrogen (secondary N) is 2. The van der Waals surface area contributed by atoms with Crippen LogP contribution in [0.5, 0.6) is 5.88 Å². The number of fused-ring (bicyclic) bond motifs is 4. The van der Waals surface area contributed by atoms with E-state index in [-0.39, 0.29) is 40.2 Å². The molecule has 2 aliphatic rings. The SMILES string of the molecule is Cc1cccc(C)c1-c1cc2nc(n1)NS(=O)(=O)c1cccc(c1)C(=O)NCC1(CCN(Cc3ncccn3)CC1)CO2. The number of likely N-dealkylation sites (tertiary alicyclic amines) is 1. The molecule has 1 spiro atoms. The molecule has 2 aliphatic heterocycles. The molecule has 2 aromatic carbocycles. The number of amides is 1. The van der Waals surface area contributed by atoms with Crippen molar-refractivity contribution in [3.63, 3.8) is 0 Å². The molecule has 222 valence electrons. The Bertz CT molecular complexity index is 1740. The Labute approximate surface area is 250 Å². The van der Waals surface area contributed by atoms with Gasteiger partial charge < -0.3 is 10.1 Å². The number of aryl methyl sites for hydroxylation is 2. The summed E-state index contributed by atoms with van der Waals surface area (Å²) in [6.07, 6.45) is 5.00. The second-order valence-electron chi connectivity index (χ2n) is 11.2. The number of nitrogens with zero attached hydrogens (tertiary/aromatic N) is 5. The van der Waals surface area contributed by atoms with Crippen LogP contribution in [0.15, 0.2) is 71.9 Å². The summed E-state index contributed by atoms with van der Waals surface area (Å²) in [4.78, 5) is 33.2. The van der Waals surface area contributed by atoms with E-state index in [0.717, 1.165) is 48.4 Å². The highest BCUT2D eigenvalue weighted by molar-refractivity contribution is 7.92. The molecule has 1 fully saturated rings. The fourth-order valence-electron chi connectivity index (χ4n) is 5.64. The van der Waals surface area contributed by atoms with Gasteiger partial charge in [0.05, 0.1) is 23.7 Å². The summed E-state index contributed by atoms with van der Waals surface area (Å²) in [6, 6.07) is 15.4. The van der Waals surface area contributed by atoms with Gasteiger partial charge in [-0.2, -0.15) is 4.98 Å². The number of aromatic nitrogens is 4. The largest absolute Gasteiger partial charge is 0.477 e. The summed E-state index contributed by atoms with van der Waals surface area (Å²) >= 11 is 0. The topological polar surface area (TPSA) is 139 Å². The summed E-state index contributed by atoms with van der Waals surface area (Å²) in [5.41, 5.74) is 3.30. The Morgan fingerprint density at radius 1 is 0.953 bits per heavy atom. The van der Waals surface area contributed by atoms with E-state index in [0.29, 0.717) is 18.8 Å². The van der Waals surface area contributed by atoms with E-state index in [1.165, 1.54) is 12.1 Å². The van der Waals surface area contributed by atoms with Gasteiger partial charge in [-0.15, -0.1) is 0 Å². The van der Waals surface area contributed by atoms with Crippen LogP contribution in [0.4, 0.5) is 5.95 Å². The molecule has 0 radical (unpaired) electrons. The van der Waals surface area contributed by atoms with E-state index in [9.17, 15) is 13.2 Å². The Morgan fingerprint density at radius 2 is 1.67 bits per heavy atom. The molecule has 11 nitrogen and oxygen atoms in total. The van der Waals surface area contributed by atoms with E-state index in [1.807, 2.05) is 32.0 Å². The number of ether oxygens (including phenoxy) is 1. The molecule has 4 heterocycles. The van der Waals surface area contributed by atoms with Crippen LogP contribution in [0.3, 0.4) is 0 Å². The van der Waals surface area contributed by atoms with Gasteiger partial charge in [0, 0.05) is 41.5 Å². The highest BCUT2D eigenvalue weighted by Gasteiger charge is 2.37. The molecule has 0 atom stereocenters. The second-order valence-corrected chi connectivity index (χ2v) is 12.9. The van der Waals surface area contributed by atoms with Gasteiger partial charge in [-0.3, -0.25) is 9.69 Å². The molecule has 1 amide bonds. The van der Waals surface area contributed by atoms with Gasteiger partial charge >= 0.3 is 0 Å². The number of sulfonamides is 1.